The summed E-state index contributed by atoms with van der Waals surface area (Å²) in [5.74, 6) is 0.382. The van der Waals surface area contributed by atoms with Crippen LogP contribution in [0.5, 0.6) is 11.5 Å². The van der Waals surface area contributed by atoms with Gasteiger partial charge in [0.15, 0.2) is 0 Å². The highest BCUT2D eigenvalue weighted by molar-refractivity contribution is 5.84. The molecule has 0 saturated heterocycles. The molecular formula is C37H56O3. The number of phenols is 1. The molecule has 1 unspecified atom stereocenters. The monoisotopic (exact) mass is 548 g/mol. The lowest BCUT2D eigenvalue weighted by Gasteiger charge is -2.33. The van der Waals surface area contributed by atoms with Crippen molar-refractivity contribution in [2.24, 2.45) is 0 Å². The molecule has 0 aliphatic carbocycles. The third-order valence-electron chi connectivity index (χ3n) is 9.10. The van der Waals surface area contributed by atoms with E-state index in [2.05, 4.69) is 93.2 Å². The second-order valence-corrected chi connectivity index (χ2v) is 12.9. The van der Waals surface area contributed by atoms with E-state index >= 15 is 0 Å². The van der Waals surface area contributed by atoms with Gasteiger partial charge in [0.25, 0.3) is 0 Å². The minimum atomic E-state index is -0.457. The maximum atomic E-state index is 12.7. The highest BCUT2D eigenvalue weighted by Crippen LogP contribution is 2.46. The summed E-state index contributed by atoms with van der Waals surface area (Å²) in [5, 5.41) is 11.7. The van der Waals surface area contributed by atoms with E-state index in [1.807, 2.05) is 0 Å². The first-order chi connectivity index (χ1) is 18.9. The molecule has 40 heavy (non-hydrogen) atoms. The van der Waals surface area contributed by atoms with Crippen molar-refractivity contribution in [2.45, 2.75) is 143 Å². The Morgan fingerprint density at radius 2 is 1.48 bits per heavy atom. The predicted molar refractivity (Wildman–Crippen MR) is 171 cm³/mol. The van der Waals surface area contributed by atoms with Crippen LogP contribution >= 0.6 is 0 Å². The number of esters is 1. The van der Waals surface area contributed by atoms with Crippen LogP contribution in [-0.4, -0.2) is 11.1 Å². The molecule has 2 aromatic carbocycles. The Hall–Kier alpha value is -2.55. The lowest BCUT2D eigenvalue weighted by molar-refractivity contribution is -0.129. The molecule has 1 N–H and O–H groups in total. The standard InChI is InChI=1S/C37H56O3/c1-11-16-18-20-27-22-28(21-19-17-12-2)34(39)30(23-27)26(6)31-24-29(36(7,8)14-4)25-32(37(9,10)15-5)35(31)40-33(38)13-3/h13,22-26,39H,3,11-12,14-21H2,1-2,4-10H3. The van der Waals surface area contributed by atoms with Crippen LogP contribution in [0.3, 0.4) is 0 Å². The number of rotatable bonds is 16. The first kappa shape index (κ1) is 33.7. The molecule has 222 valence electrons. The molecule has 1 atom stereocenters. The van der Waals surface area contributed by atoms with E-state index in [1.165, 1.54) is 30.0 Å². The van der Waals surface area contributed by atoms with Crippen molar-refractivity contribution in [1.82, 2.24) is 0 Å². The van der Waals surface area contributed by atoms with Gasteiger partial charge in [-0.1, -0.05) is 119 Å². The minimum absolute atomic E-state index is 0.0522. The van der Waals surface area contributed by atoms with Crippen LogP contribution in [0.4, 0.5) is 0 Å². The average Bonchev–Trinajstić information content (AvgIpc) is 2.93. The van der Waals surface area contributed by atoms with Crippen molar-refractivity contribution in [3.63, 3.8) is 0 Å². The van der Waals surface area contributed by atoms with E-state index in [-0.39, 0.29) is 16.7 Å². The normalized spacial score (nSPS) is 12.8. The minimum Gasteiger partial charge on any atom is -0.507 e. The zero-order valence-corrected chi connectivity index (χ0v) is 27.0. The van der Waals surface area contributed by atoms with Gasteiger partial charge in [-0.05, 0) is 66.0 Å². The number of carbonyl (C=O) groups is 1. The van der Waals surface area contributed by atoms with Gasteiger partial charge in [-0.2, -0.15) is 0 Å². The van der Waals surface area contributed by atoms with Gasteiger partial charge in [-0.25, -0.2) is 4.79 Å². The molecule has 0 spiro atoms. The fourth-order valence-electron chi connectivity index (χ4n) is 5.28. The molecule has 2 rings (SSSR count). The van der Waals surface area contributed by atoms with Crippen molar-refractivity contribution in [3.05, 3.63) is 70.3 Å². The Labute approximate surface area is 245 Å². The molecule has 0 heterocycles. The van der Waals surface area contributed by atoms with Gasteiger partial charge in [-0.3, -0.25) is 0 Å². The van der Waals surface area contributed by atoms with Gasteiger partial charge in [0, 0.05) is 28.7 Å². The molecule has 0 saturated carbocycles. The number of carbonyl (C=O) groups excluding carboxylic acids is 1. The van der Waals surface area contributed by atoms with Crippen molar-refractivity contribution in [3.8, 4) is 11.5 Å². The van der Waals surface area contributed by atoms with Crippen LogP contribution in [0.25, 0.3) is 0 Å². The first-order valence-corrected chi connectivity index (χ1v) is 15.7. The number of ether oxygens (including phenoxy) is 1. The molecule has 0 aliphatic heterocycles. The van der Waals surface area contributed by atoms with Gasteiger partial charge in [0.1, 0.15) is 11.5 Å². The fourth-order valence-corrected chi connectivity index (χ4v) is 5.28. The molecule has 3 nitrogen and oxygen atoms in total. The van der Waals surface area contributed by atoms with Crippen molar-refractivity contribution in [1.29, 1.82) is 0 Å². The number of unbranched alkanes of at least 4 members (excludes halogenated alkanes) is 4. The Bertz CT molecular complexity index is 1140. The lowest BCUT2D eigenvalue weighted by atomic mass is 9.73. The van der Waals surface area contributed by atoms with Crippen LogP contribution < -0.4 is 4.74 Å². The van der Waals surface area contributed by atoms with Gasteiger partial charge >= 0.3 is 5.97 Å². The summed E-state index contributed by atoms with van der Waals surface area (Å²) in [7, 11) is 0. The molecule has 0 aromatic heterocycles. The maximum Gasteiger partial charge on any atom is 0.335 e. The lowest BCUT2D eigenvalue weighted by Crippen LogP contribution is -2.23. The van der Waals surface area contributed by atoms with E-state index in [0.29, 0.717) is 11.5 Å². The molecule has 0 fully saturated rings. The average molecular weight is 549 g/mol. The van der Waals surface area contributed by atoms with Crippen molar-refractivity contribution >= 4 is 5.97 Å². The maximum absolute atomic E-state index is 12.7. The van der Waals surface area contributed by atoms with Crippen LogP contribution in [0.15, 0.2) is 36.9 Å². The van der Waals surface area contributed by atoms with Crippen LogP contribution in [-0.2, 0) is 28.5 Å². The molecule has 0 radical (unpaired) electrons. The van der Waals surface area contributed by atoms with E-state index in [9.17, 15) is 9.90 Å². The zero-order chi connectivity index (χ0) is 30.1. The van der Waals surface area contributed by atoms with E-state index in [1.54, 1.807) is 0 Å². The Kier molecular flexibility index (Phi) is 12.5. The third-order valence-corrected chi connectivity index (χ3v) is 9.10. The summed E-state index contributed by atoms with van der Waals surface area (Å²) < 4.78 is 6.08. The number of hydrogen-bond acceptors (Lipinski definition) is 3. The molecule has 2 aromatic rings. The molecule has 0 bridgehead atoms. The summed E-state index contributed by atoms with van der Waals surface area (Å²) in [5.41, 5.74) is 6.19. The predicted octanol–water partition coefficient (Wildman–Crippen LogP) is 10.5. The molecule has 3 heteroatoms. The molecular weight excluding hydrogens is 492 g/mol. The second-order valence-electron chi connectivity index (χ2n) is 12.9. The van der Waals surface area contributed by atoms with Crippen LogP contribution in [0, 0.1) is 0 Å². The number of aromatic hydroxyl groups is 1. The topological polar surface area (TPSA) is 46.5 Å². The van der Waals surface area contributed by atoms with Gasteiger partial charge in [0.2, 0.25) is 0 Å². The highest BCUT2D eigenvalue weighted by atomic mass is 16.5. The summed E-state index contributed by atoms with van der Waals surface area (Å²) in [6.07, 6.45) is 11.9. The largest absolute Gasteiger partial charge is 0.507 e. The van der Waals surface area contributed by atoms with Crippen molar-refractivity contribution in [2.75, 3.05) is 0 Å². The quantitative estimate of drug-likeness (QED) is 0.0982. The van der Waals surface area contributed by atoms with Crippen LogP contribution in [0.2, 0.25) is 0 Å². The fraction of sp³-hybridized carbons (Fsp3) is 0.595. The Morgan fingerprint density at radius 1 is 0.875 bits per heavy atom. The molecule has 0 amide bonds. The van der Waals surface area contributed by atoms with E-state index in [4.69, 9.17) is 4.74 Å². The van der Waals surface area contributed by atoms with Crippen molar-refractivity contribution < 1.29 is 14.6 Å². The smallest absolute Gasteiger partial charge is 0.335 e. The van der Waals surface area contributed by atoms with Crippen LogP contribution in [0.1, 0.15) is 153 Å². The summed E-state index contributed by atoms with van der Waals surface area (Å²) >= 11 is 0. The van der Waals surface area contributed by atoms with Gasteiger partial charge in [-0.15, -0.1) is 0 Å². The number of aryl methyl sites for hydroxylation is 2. The zero-order valence-electron chi connectivity index (χ0n) is 27.0. The first-order valence-electron chi connectivity index (χ1n) is 15.7. The summed E-state index contributed by atoms with van der Waals surface area (Å²) in [4.78, 5) is 12.7. The third kappa shape index (κ3) is 8.24. The Morgan fingerprint density at radius 3 is 2.02 bits per heavy atom. The number of hydrogen-bond donors (Lipinski definition) is 1. The SMILES string of the molecule is C=CC(=O)Oc1c(C(C)c2cc(CCCCC)cc(CCCCC)c2O)cc(C(C)(C)CC)cc1C(C)(C)CC. The van der Waals surface area contributed by atoms with E-state index in [0.717, 1.165) is 73.6 Å². The second kappa shape index (κ2) is 14.9. The Balaban J connectivity index is 2.87. The summed E-state index contributed by atoms with van der Waals surface area (Å²) in [6, 6.07) is 8.87. The highest BCUT2D eigenvalue weighted by Gasteiger charge is 2.32. The van der Waals surface area contributed by atoms with E-state index < -0.39 is 5.97 Å². The number of phenolic OH excluding ortho intramolecular Hbond substituents is 1. The summed E-state index contributed by atoms with van der Waals surface area (Å²) in [6.45, 7) is 23.6. The van der Waals surface area contributed by atoms with Gasteiger partial charge < -0.3 is 9.84 Å². The van der Waals surface area contributed by atoms with Gasteiger partial charge in [0.05, 0.1) is 0 Å². The molecule has 0 aliphatic rings. The number of benzene rings is 2.